The van der Waals surface area contributed by atoms with Crippen molar-refractivity contribution in [3.05, 3.63) is 388 Å². The summed E-state index contributed by atoms with van der Waals surface area (Å²) in [6, 6.07) is 116. The minimum absolute atomic E-state index is 0.195. The number of aldehydes is 1. The molecule has 5 heterocycles. The van der Waals surface area contributed by atoms with Crippen LogP contribution in [0.4, 0.5) is 0 Å². The first-order chi connectivity index (χ1) is 71.6. The fourth-order valence-corrected chi connectivity index (χ4v) is 35.3. The van der Waals surface area contributed by atoms with E-state index in [1.807, 2.05) is 24.3 Å². The van der Waals surface area contributed by atoms with Gasteiger partial charge in [-0.1, -0.05) is 199 Å². The van der Waals surface area contributed by atoms with Gasteiger partial charge in [0.1, 0.15) is 12.1 Å². The van der Waals surface area contributed by atoms with E-state index in [-0.39, 0.29) is 28.9 Å². The molecule has 5 saturated heterocycles. The van der Waals surface area contributed by atoms with Crippen molar-refractivity contribution in [2.45, 2.75) is 210 Å². The second kappa shape index (κ2) is 57.9. The number of aliphatic hydroxyl groups is 1. The molecule has 13 nitrogen and oxygen atoms in total. The van der Waals surface area contributed by atoms with Crippen molar-refractivity contribution in [2.24, 2.45) is 23.7 Å². The summed E-state index contributed by atoms with van der Waals surface area (Å²) in [5.41, 5.74) is 10.7. The predicted octanol–water partition coefficient (Wildman–Crippen LogP) is 27.3. The topological polar surface area (TPSA) is 147 Å². The number of hydrogen-bond acceptors (Lipinski definition) is 13. The average molecular weight is 2460 g/mol. The Morgan fingerprint density at radius 3 is 0.857 bits per heavy atom. The van der Waals surface area contributed by atoms with Crippen molar-refractivity contribution >= 4 is 151 Å². The molecule has 12 aromatic carbocycles. The number of carbonyl (C=O) groups excluding carboxylic acids is 2. The molecule has 22 rings (SSSR count). The van der Waals surface area contributed by atoms with Gasteiger partial charge in [0.2, 0.25) is 0 Å². The molecule has 12 aromatic rings. The average Bonchev–Trinajstić information content (AvgIpc) is 0.895. The molecule has 147 heavy (non-hydrogen) atoms. The van der Waals surface area contributed by atoms with E-state index in [1.165, 1.54) is 137 Å². The largest absolute Gasteiger partial charge is 0.348 e. The SMILES string of the molecule is C#Cc1ccc(CCC2CCC3(CC2)OCCO3)cc1.C=P(c1ccccc1)(c1ccccc1)c1ccccc1.CO.Cc1ccc(C#Cc2ccc(CCC3CCC4(CC3)OCCO4)cc2)cc1.Cc1ccc(I)cc1.IP(CC1CCC2(CC1)OCCO2)(c1ccccc1)(c1ccccc1)c1ccccc1.Ic1ccc(CCC2CCC3(CC2)OCCO3)cc1.O=C1CCC2(CC1)OCCO2.O=Cc1ccc(I)cc1. The van der Waals surface area contributed by atoms with E-state index in [0.29, 0.717) is 37.8 Å². The molecule has 0 bridgehead atoms. The normalized spacial score (nSPS) is 19.7. The van der Waals surface area contributed by atoms with Gasteiger partial charge in [-0.25, -0.2) is 0 Å². The van der Waals surface area contributed by atoms with Gasteiger partial charge in [0.05, 0.1) is 52.9 Å². The number of carbonyl (C=O) groups is 2. The van der Waals surface area contributed by atoms with Crippen molar-refractivity contribution in [1.82, 2.24) is 0 Å². The molecule has 10 fully saturated rings. The first kappa shape index (κ1) is 115. The fourth-order valence-electron chi connectivity index (χ4n) is 21.5. The van der Waals surface area contributed by atoms with Crippen LogP contribution < -0.4 is 31.8 Å². The molecular weight excluding hydrogens is 2310 g/mol. The maximum absolute atomic E-state index is 10.9. The summed E-state index contributed by atoms with van der Waals surface area (Å²) >= 11 is 9.77. The predicted molar refractivity (Wildman–Crippen MR) is 639 cm³/mol. The third-order valence-corrected chi connectivity index (χ3v) is 47.3. The third kappa shape index (κ3) is 33.4. The summed E-state index contributed by atoms with van der Waals surface area (Å²) in [6.07, 6.45) is 40.3. The maximum atomic E-state index is 10.9. The molecule has 0 aromatic heterocycles. The molecule has 1 N–H and O–H groups in total. The zero-order valence-corrected chi connectivity index (χ0v) is 96.2. The smallest absolute Gasteiger partial charge is 0.169 e. The van der Waals surface area contributed by atoms with Crippen LogP contribution in [0.2, 0.25) is 0 Å². The van der Waals surface area contributed by atoms with E-state index in [0.717, 1.165) is 200 Å². The Kier molecular flexibility index (Phi) is 45.2. The summed E-state index contributed by atoms with van der Waals surface area (Å²) in [4.78, 5) is 21.0. The van der Waals surface area contributed by atoms with Gasteiger partial charge in [-0.2, -0.15) is 0 Å². The summed E-state index contributed by atoms with van der Waals surface area (Å²) in [5.74, 6) is 11.3. The van der Waals surface area contributed by atoms with Gasteiger partial charge in [-0.15, -0.1) is 6.42 Å². The quantitative estimate of drug-likeness (QED) is 0.0377. The molecule has 0 radical (unpaired) electrons. The van der Waals surface area contributed by atoms with Gasteiger partial charge in [-0.3, -0.25) is 9.59 Å². The second-order valence-electron chi connectivity index (χ2n) is 39.9. The van der Waals surface area contributed by atoms with Crippen molar-refractivity contribution in [1.29, 1.82) is 0 Å². The molecule has 5 saturated carbocycles. The number of halogens is 4. The minimum atomic E-state index is -2.69. The Morgan fingerprint density at radius 2 is 0.578 bits per heavy atom. The van der Waals surface area contributed by atoms with Crippen LogP contribution in [0.3, 0.4) is 0 Å². The first-order valence-electron chi connectivity index (χ1n) is 52.7. The van der Waals surface area contributed by atoms with Crippen LogP contribution in [0.25, 0.3) is 0 Å². The summed E-state index contributed by atoms with van der Waals surface area (Å²) < 4.78 is 58.8. The molecule has 0 amide bonds. The number of ketones is 1. The summed E-state index contributed by atoms with van der Waals surface area (Å²) in [5, 5.41) is 15.4. The first-order valence-corrected chi connectivity index (χ1v) is 63.1. The zero-order chi connectivity index (χ0) is 103. The molecule has 0 atom stereocenters. The number of aryl methyl sites for hydroxylation is 5. The van der Waals surface area contributed by atoms with Crippen molar-refractivity contribution in [3.8, 4) is 24.2 Å². The van der Waals surface area contributed by atoms with Crippen LogP contribution in [0, 0.1) is 72.4 Å². The summed E-state index contributed by atoms with van der Waals surface area (Å²) in [7, 11) is 1.00. The van der Waals surface area contributed by atoms with Crippen molar-refractivity contribution in [3.63, 3.8) is 0 Å². The standard InChI is InChI=1S/C27H30IO2P.C25H28O2.C19H17P.C18H22O2.C16H21IO2.C8H12O3.C7H5IO.C7H7I.CH4O/c28-31(24-10-4-1-5-11-24,25-12-6-2-7-13-25,26-14-8-3-9-15-26)22-23-16-18-27(19-17-23)29-20-21-30-27;1-20-2-4-21(5-3-20)6-7-22-8-10-23(11-9-22)12-13-24-14-16-25(17-15-24)26-18-19-27-25;1-20(17-11-5-2-6-12-17,18-13-7-3-8-14-18)19-15-9-4-10-16-19;1-2-15-3-5-16(6-4-15)7-8-17-9-11-18(12-10-17)19-13-14-20-18;17-15-5-3-13(4-6-15)1-2-14-7-9-16(10-8-14)18-11-12-19-16;9-7-1-3-8(4-2-7)10-5-6-11-8;8-7-3-1-6(5-9)2-4-7;1-6-2-4-7(8)5-3-6;1-2/h1-15,23H,16-22H2;2-5,8-11,24H,12-19H2,1H3;2-16H,1H2;1,3-6,17H,7-14H2;3-6,14H,1-2,7-12H2;1-6H2;1-5H;2-5H,1H3;2H,1H3. The van der Waals surface area contributed by atoms with Crippen LogP contribution >= 0.6 is 101 Å². The molecule has 10 aliphatic rings. The van der Waals surface area contributed by atoms with Gasteiger partial charge >= 0.3 is 199 Å². The van der Waals surface area contributed by atoms with Crippen molar-refractivity contribution < 1.29 is 62.1 Å². The van der Waals surface area contributed by atoms with E-state index >= 15 is 0 Å². The fraction of sp³-hybridized carbons (Fsp3) is 0.383. The molecule has 5 aliphatic carbocycles. The number of rotatable bonds is 18. The van der Waals surface area contributed by atoms with Crippen LogP contribution in [0.15, 0.2) is 328 Å². The molecule has 5 aliphatic heterocycles. The number of terminal acetylenes is 1. The van der Waals surface area contributed by atoms with Gasteiger partial charge in [0.25, 0.3) is 0 Å². The Balaban J connectivity index is 0.000000137. The minimum Gasteiger partial charge on any atom is -0.348 e. The second-order valence-corrected chi connectivity index (χ2v) is 57.5. The van der Waals surface area contributed by atoms with Gasteiger partial charge in [0.15, 0.2) is 23.1 Å². The van der Waals surface area contributed by atoms with Crippen molar-refractivity contribution in [2.75, 3.05) is 79.3 Å². The Bertz CT molecular complexity index is 5810. The van der Waals surface area contributed by atoms with Crippen LogP contribution in [0.1, 0.15) is 203 Å². The van der Waals surface area contributed by atoms with Gasteiger partial charge in [0, 0.05) is 104 Å². The monoisotopic (exact) mass is 2460 g/mol. The maximum Gasteiger partial charge on any atom is 0.169 e. The molecule has 774 valence electrons. The number of benzene rings is 12. The molecule has 5 spiro atoms. The Hall–Kier alpha value is -7.69. The van der Waals surface area contributed by atoms with Gasteiger partial charge < -0.3 is 43.0 Å². The molecule has 0 unspecified atom stereocenters. The molecular formula is C128H146I4O13P2. The Morgan fingerprint density at radius 1 is 0.340 bits per heavy atom. The van der Waals surface area contributed by atoms with Crippen LogP contribution in [0.5, 0.6) is 0 Å². The van der Waals surface area contributed by atoms with E-state index in [2.05, 4.69) is 413 Å². The van der Waals surface area contributed by atoms with E-state index < -0.39 is 11.1 Å². The Labute approximate surface area is 929 Å². The van der Waals surface area contributed by atoms with E-state index in [9.17, 15) is 9.59 Å². The molecule has 19 heteroatoms. The number of Topliss-reactive ketones (excluding diaryl/α,β-unsaturated/α-hetero) is 1. The summed E-state index contributed by atoms with van der Waals surface area (Å²) in [6.45, 7) is 9.92. The van der Waals surface area contributed by atoms with E-state index in [1.54, 1.807) is 12.1 Å². The third-order valence-electron chi connectivity index (χ3n) is 30.1. The van der Waals surface area contributed by atoms with Crippen LogP contribution in [-0.2, 0) is 71.4 Å². The van der Waals surface area contributed by atoms with Gasteiger partial charge in [-0.05, 0) is 289 Å². The van der Waals surface area contributed by atoms with E-state index in [4.69, 9.17) is 65.2 Å². The van der Waals surface area contributed by atoms with Crippen LogP contribution in [-0.4, -0.2) is 132 Å². The number of aliphatic hydroxyl groups excluding tert-OH is 1. The zero-order valence-electron chi connectivity index (χ0n) is 85.8. The number of hydrogen-bond donors (Lipinski definition) is 1. The number of ether oxygens (including phenoxy) is 10.